The molecule has 28 heavy (non-hydrogen) atoms. The van der Waals surface area contributed by atoms with Gasteiger partial charge in [-0.3, -0.25) is 14.4 Å². The molecule has 0 aliphatic rings. The summed E-state index contributed by atoms with van der Waals surface area (Å²) in [6.07, 6.45) is 2.07. The van der Waals surface area contributed by atoms with E-state index < -0.39 is 18.6 Å². The third-order valence-electron chi connectivity index (χ3n) is 5.00. The van der Waals surface area contributed by atoms with Crippen molar-refractivity contribution in [3.8, 4) is 0 Å². The first-order chi connectivity index (χ1) is 13.4. The summed E-state index contributed by atoms with van der Waals surface area (Å²) in [6.45, 7) is 5.79. The fourth-order valence-corrected chi connectivity index (χ4v) is 2.91. The van der Waals surface area contributed by atoms with E-state index in [2.05, 4.69) is 10.6 Å². The Hall–Kier alpha value is -2.25. The van der Waals surface area contributed by atoms with Gasteiger partial charge in [-0.25, -0.2) is 0 Å². The van der Waals surface area contributed by atoms with Crippen LogP contribution in [0.3, 0.4) is 0 Å². The molecule has 3 atom stereocenters. The number of carbonyl (C=O) groups excluding carboxylic acids is 3. The molecule has 0 bridgehead atoms. The van der Waals surface area contributed by atoms with Crippen molar-refractivity contribution in [3.05, 3.63) is 35.4 Å². The number of aliphatic hydroxyl groups excluding tert-OH is 1. The molecule has 1 aromatic rings. The Labute approximate surface area is 167 Å². The molecule has 0 unspecified atom stereocenters. The molecule has 1 rings (SSSR count). The summed E-state index contributed by atoms with van der Waals surface area (Å²) in [5, 5.41) is 14.7. The van der Waals surface area contributed by atoms with Crippen molar-refractivity contribution in [2.75, 3.05) is 13.2 Å². The minimum atomic E-state index is -0.710. The minimum Gasteiger partial charge on any atom is -0.389 e. The van der Waals surface area contributed by atoms with Crippen molar-refractivity contribution >= 4 is 17.6 Å². The van der Waals surface area contributed by atoms with Crippen molar-refractivity contribution in [1.29, 1.82) is 0 Å². The number of benzene rings is 1. The highest BCUT2D eigenvalue weighted by Crippen LogP contribution is 2.12. The van der Waals surface area contributed by atoms with Crippen LogP contribution in [0, 0.1) is 11.8 Å². The molecule has 0 aromatic heterocycles. The van der Waals surface area contributed by atoms with Gasteiger partial charge in [0.1, 0.15) is 12.6 Å². The van der Waals surface area contributed by atoms with E-state index in [0.29, 0.717) is 24.9 Å². The van der Waals surface area contributed by atoms with E-state index in [9.17, 15) is 14.4 Å². The van der Waals surface area contributed by atoms with Gasteiger partial charge >= 0.3 is 0 Å². The van der Waals surface area contributed by atoms with Crippen LogP contribution >= 0.6 is 0 Å². The Balaban J connectivity index is 2.81. The van der Waals surface area contributed by atoms with Gasteiger partial charge in [-0.05, 0) is 30.0 Å². The number of ketones is 1. The second-order valence-electron chi connectivity index (χ2n) is 7.09. The molecule has 1 aromatic carbocycles. The number of Topliss-reactive ketones (excluding diaryl/α,β-unsaturated/α-hetero) is 1. The van der Waals surface area contributed by atoms with Crippen molar-refractivity contribution in [2.45, 2.75) is 52.6 Å². The van der Waals surface area contributed by atoms with Gasteiger partial charge in [0.05, 0.1) is 0 Å². The number of nitrogens with two attached hydrogens (primary N) is 1. The predicted molar refractivity (Wildman–Crippen MR) is 109 cm³/mol. The summed E-state index contributed by atoms with van der Waals surface area (Å²) in [7, 11) is 0. The number of amides is 2. The monoisotopic (exact) mass is 391 g/mol. The van der Waals surface area contributed by atoms with Gasteiger partial charge in [-0.15, -0.1) is 0 Å². The number of hydrogen-bond donors (Lipinski definition) is 4. The van der Waals surface area contributed by atoms with E-state index in [1.54, 1.807) is 24.3 Å². The van der Waals surface area contributed by atoms with Crippen LogP contribution in [0.2, 0.25) is 0 Å². The third-order valence-corrected chi connectivity index (χ3v) is 5.00. The number of nitrogens with one attached hydrogen (secondary N) is 2. The summed E-state index contributed by atoms with van der Waals surface area (Å²) in [5.41, 5.74) is 6.95. The lowest BCUT2D eigenvalue weighted by Gasteiger charge is -2.25. The van der Waals surface area contributed by atoms with E-state index >= 15 is 0 Å². The van der Waals surface area contributed by atoms with Gasteiger partial charge in [-0.2, -0.15) is 0 Å². The van der Waals surface area contributed by atoms with Gasteiger partial charge in [-0.1, -0.05) is 45.7 Å². The molecule has 156 valence electrons. The molecule has 0 radical (unpaired) electrons. The van der Waals surface area contributed by atoms with E-state index in [1.165, 1.54) is 0 Å². The lowest BCUT2D eigenvalue weighted by Crippen LogP contribution is -2.51. The molecule has 0 heterocycles. The highest BCUT2D eigenvalue weighted by atomic mass is 16.3. The zero-order valence-electron chi connectivity index (χ0n) is 17.0. The third kappa shape index (κ3) is 7.05. The van der Waals surface area contributed by atoms with E-state index in [0.717, 1.165) is 12.0 Å². The van der Waals surface area contributed by atoms with E-state index in [4.69, 9.17) is 10.8 Å². The first-order valence-electron chi connectivity index (χ1n) is 9.88. The maximum absolute atomic E-state index is 12.7. The van der Waals surface area contributed by atoms with Gasteiger partial charge in [0.15, 0.2) is 5.78 Å². The smallest absolute Gasteiger partial charge is 0.251 e. The van der Waals surface area contributed by atoms with Crippen LogP contribution in [-0.2, 0) is 16.1 Å². The van der Waals surface area contributed by atoms with Crippen LogP contribution < -0.4 is 16.4 Å². The molecule has 0 aliphatic carbocycles. The molecule has 0 fully saturated rings. The standard InChI is InChI=1S/C21H33N3O4/c1-4-6-17(18(26)13-25)12-23-21(28)19(14(3)5-2)24-20(27)16-9-7-15(11-22)8-10-16/h7-10,14,17,19,25H,4-6,11-13,22H2,1-3H3,(H,23,28)(H,24,27)/t14-,17-,19-/m0/s1. The molecule has 2 amide bonds. The molecule has 7 nitrogen and oxygen atoms in total. The fourth-order valence-electron chi connectivity index (χ4n) is 2.91. The Morgan fingerprint density at radius 1 is 1.14 bits per heavy atom. The number of aliphatic hydroxyl groups is 1. The summed E-state index contributed by atoms with van der Waals surface area (Å²) >= 11 is 0. The normalized spacial score (nSPS) is 14.0. The van der Waals surface area contributed by atoms with Crippen molar-refractivity contribution in [1.82, 2.24) is 10.6 Å². The fraction of sp³-hybridized carbons (Fsp3) is 0.571. The molecule has 0 aliphatic heterocycles. The van der Waals surface area contributed by atoms with Crippen LogP contribution in [0.4, 0.5) is 0 Å². The largest absolute Gasteiger partial charge is 0.389 e. The average Bonchev–Trinajstić information content (AvgIpc) is 2.73. The first kappa shape index (κ1) is 23.8. The topological polar surface area (TPSA) is 122 Å². The lowest BCUT2D eigenvalue weighted by molar-refractivity contribution is -0.127. The van der Waals surface area contributed by atoms with Crippen LogP contribution in [0.15, 0.2) is 24.3 Å². The summed E-state index contributed by atoms with van der Waals surface area (Å²) in [4.78, 5) is 37.1. The molecule has 0 spiro atoms. The number of carbonyl (C=O) groups is 3. The first-order valence-corrected chi connectivity index (χ1v) is 9.88. The van der Waals surface area contributed by atoms with Gasteiger partial charge in [0.25, 0.3) is 5.91 Å². The predicted octanol–water partition coefficient (Wildman–Crippen LogP) is 1.38. The molecular weight excluding hydrogens is 358 g/mol. The molecule has 0 saturated carbocycles. The SMILES string of the molecule is CCC[C@@H](CNC(=O)[C@@H](NC(=O)c1ccc(CN)cc1)[C@@H](C)CC)C(=O)CO. The van der Waals surface area contributed by atoms with Crippen molar-refractivity contribution in [3.63, 3.8) is 0 Å². The average molecular weight is 392 g/mol. The van der Waals surface area contributed by atoms with Gasteiger partial charge in [0.2, 0.25) is 5.91 Å². The Morgan fingerprint density at radius 3 is 2.29 bits per heavy atom. The summed E-state index contributed by atoms with van der Waals surface area (Å²) in [6, 6.07) is 6.21. The molecular formula is C21H33N3O4. The van der Waals surface area contributed by atoms with Crippen molar-refractivity contribution < 1.29 is 19.5 Å². The zero-order valence-corrected chi connectivity index (χ0v) is 17.0. The minimum absolute atomic E-state index is 0.0783. The quantitative estimate of drug-likeness (QED) is 0.429. The second kappa shape index (κ2) is 12.3. The molecule has 5 N–H and O–H groups in total. The van der Waals surface area contributed by atoms with Crippen LogP contribution in [0.1, 0.15) is 56.0 Å². The lowest BCUT2D eigenvalue weighted by atomic mass is 9.96. The van der Waals surface area contributed by atoms with Crippen molar-refractivity contribution in [2.24, 2.45) is 17.6 Å². The Kier molecular flexibility index (Phi) is 10.4. The zero-order chi connectivity index (χ0) is 21.1. The molecule has 7 heteroatoms. The van der Waals surface area contributed by atoms with E-state index in [1.807, 2.05) is 20.8 Å². The number of hydrogen-bond acceptors (Lipinski definition) is 5. The Morgan fingerprint density at radius 2 is 1.79 bits per heavy atom. The van der Waals surface area contributed by atoms with Gasteiger partial charge < -0.3 is 21.5 Å². The maximum atomic E-state index is 12.7. The van der Waals surface area contributed by atoms with Crippen LogP contribution in [-0.4, -0.2) is 41.9 Å². The highest BCUT2D eigenvalue weighted by molar-refractivity contribution is 5.97. The summed E-state index contributed by atoms with van der Waals surface area (Å²) < 4.78 is 0. The van der Waals surface area contributed by atoms with Gasteiger partial charge in [0, 0.05) is 24.6 Å². The maximum Gasteiger partial charge on any atom is 0.251 e. The number of rotatable bonds is 12. The molecule has 0 saturated heterocycles. The summed E-state index contributed by atoms with van der Waals surface area (Å²) in [5.74, 6) is -1.44. The highest BCUT2D eigenvalue weighted by Gasteiger charge is 2.27. The van der Waals surface area contributed by atoms with E-state index in [-0.39, 0.29) is 30.1 Å². The Bertz CT molecular complexity index is 646. The van der Waals surface area contributed by atoms with Crippen LogP contribution in [0.5, 0.6) is 0 Å². The van der Waals surface area contributed by atoms with Crippen LogP contribution in [0.25, 0.3) is 0 Å². The second-order valence-corrected chi connectivity index (χ2v) is 7.09.